The fraction of sp³-hybridized carbons (Fsp3) is 0.467. The third-order valence-electron chi connectivity index (χ3n) is 3.38. The predicted octanol–water partition coefficient (Wildman–Crippen LogP) is 2.48. The molecule has 1 aromatic rings. The molecule has 110 valence electrons. The summed E-state index contributed by atoms with van der Waals surface area (Å²) >= 11 is 0. The zero-order valence-corrected chi connectivity index (χ0v) is 12.4. The highest BCUT2D eigenvalue weighted by Crippen LogP contribution is 2.16. The smallest absolute Gasteiger partial charge is 0.317 e. The fourth-order valence-electron chi connectivity index (χ4n) is 1.78. The number of aryl methyl sites for hydroxylation is 2. The van der Waals surface area contributed by atoms with Gasteiger partial charge in [0.05, 0.1) is 12.5 Å². The van der Waals surface area contributed by atoms with Crippen LogP contribution in [-0.4, -0.2) is 35.6 Å². The van der Waals surface area contributed by atoms with Gasteiger partial charge in [0.2, 0.25) is 0 Å². The molecule has 20 heavy (non-hydrogen) atoms. The van der Waals surface area contributed by atoms with Gasteiger partial charge in [-0.25, -0.2) is 4.79 Å². The van der Waals surface area contributed by atoms with Crippen LogP contribution in [0.1, 0.15) is 36.1 Å². The standard InChI is InChI=1S/C15H22N2O3/c1-10-5-6-13(9-11(10)2)12(3)16-15(20)17(4)8-7-14(18)19/h5-6,9,12H,7-8H2,1-4H3,(H,16,20)(H,18,19). The van der Waals surface area contributed by atoms with Gasteiger partial charge < -0.3 is 15.3 Å². The van der Waals surface area contributed by atoms with E-state index in [-0.39, 0.29) is 25.0 Å². The van der Waals surface area contributed by atoms with Crippen molar-refractivity contribution < 1.29 is 14.7 Å². The van der Waals surface area contributed by atoms with Gasteiger partial charge in [-0.1, -0.05) is 18.2 Å². The second-order valence-electron chi connectivity index (χ2n) is 5.08. The van der Waals surface area contributed by atoms with Crippen molar-refractivity contribution in [3.05, 3.63) is 34.9 Å². The number of aliphatic carboxylic acids is 1. The topological polar surface area (TPSA) is 69.6 Å². The minimum Gasteiger partial charge on any atom is -0.481 e. The van der Waals surface area contributed by atoms with E-state index in [2.05, 4.69) is 11.4 Å². The number of nitrogens with one attached hydrogen (secondary N) is 1. The molecule has 2 N–H and O–H groups in total. The monoisotopic (exact) mass is 278 g/mol. The Bertz CT molecular complexity index is 500. The Morgan fingerprint density at radius 1 is 1.30 bits per heavy atom. The molecule has 1 unspecified atom stereocenters. The first-order valence-electron chi connectivity index (χ1n) is 6.62. The lowest BCUT2D eigenvalue weighted by Crippen LogP contribution is -2.39. The third kappa shape index (κ3) is 4.57. The molecule has 1 aromatic carbocycles. The molecular weight excluding hydrogens is 256 g/mol. The Morgan fingerprint density at radius 2 is 1.95 bits per heavy atom. The normalized spacial score (nSPS) is 11.8. The summed E-state index contributed by atoms with van der Waals surface area (Å²) in [4.78, 5) is 23.8. The van der Waals surface area contributed by atoms with Crippen molar-refractivity contribution in [2.75, 3.05) is 13.6 Å². The Morgan fingerprint density at radius 3 is 2.50 bits per heavy atom. The van der Waals surface area contributed by atoms with E-state index in [1.165, 1.54) is 16.0 Å². The highest BCUT2D eigenvalue weighted by molar-refractivity contribution is 5.75. The lowest BCUT2D eigenvalue weighted by molar-refractivity contribution is -0.137. The summed E-state index contributed by atoms with van der Waals surface area (Å²) < 4.78 is 0. The second kappa shape index (κ2) is 6.93. The molecule has 1 rings (SSSR count). The van der Waals surface area contributed by atoms with Crippen LogP contribution in [0.3, 0.4) is 0 Å². The number of hydrogen-bond acceptors (Lipinski definition) is 2. The number of hydrogen-bond donors (Lipinski definition) is 2. The van der Waals surface area contributed by atoms with Gasteiger partial charge in [-0.05, 0) is 37.5 Å². The van der Waals surface area contributed by atoms with Crippen LogP contribution in [0.25, 0.3) is 0 Å². The minimum atomic E-state index is -0.910. The van der Waals surface area contributed by atoms with Crippen molar-refractivity contribution in [1.82, 2.24) is 10.2 Å². The first-order valence-corrected chi connectivity index (χ1v) is 6.62. The van der Waals surface area contributed by atoms with Crippen molar-refractivity contribution >= 4 is 12.0 Å². The summed E-state index contributed by atoms with van der Waals surface area (Å²) in [7, 11) is 1.59. The molecule has 0 heterocycles. The number of carboxylic acids is 1. The summed E-state index contributed by atoms with van der Waals surface area (Å²) in [6.45, 7) is 6.18. The maximum atomic E-state index is 11.9. The first kappa shape index (κ1) is 16.0. The second-order valence-corrected chi connectivity index (χ2v) is 5.08. The number of carbonyl (C=O) groups excluding carboxylic acids is 1. The molecule has 0 saturated carbocycles. The van der Waals surface area contributed by atoms with E-state index in [9.17, 15) is 9.59 Å². The lowest BCUT2D eigenvalue weighted by Gasteiger charge is -2.21. The molecule has 0 radical (unpaired) electrons. The molecule has 0 saturated heterocycles. The Hall–Kier alpha value is -2.04. The number of amides is 2. The summed E-state index contributed by atoms with van der Waals surface area (Å²) in [5.41, 5.74) is 3.43. The van der Waals surface area contributed by atoms with E-state index in [0.717, 1.165) is 5.56 Å². The average molecular weight is 278 g/mol. The lowest BCUT2D eigenvalue weighted by atomic mass is 10.0. The number of rotatable bonds is 5. The van der Waals surface area contributed by atoms with E-state index in [1.807, 2.05) is 32.9 Å². The van der Waals surface area contributed by atoms with Crippen LogP contribution < -0.4 is 5.32 Å². The van der Waals surface area contributed by atoms with Crippen LogP contribution in [0.4, 0.5) is 4.79 Å². The summed E-state index contributed by atoms with van der Waals surface area (Å²) in [6, 6.07) is 5.69. The quantitative estimate of drug-likeness (QED) is 0.869. The molecule has 0 aliphatic heterocycles. The number of nitrogens with zero attached hydrogens (tertiary/aromatic N) is 1. The largest absolute Gasteiger partial charge is 0.481 e. The Labute approximate surface area is 119 Å². The Kier molecular flexibility index (Phi) is 5.55. The molecule has 0 aliphatic rings. The van der Waals surface area contributed by atoms with Crippen LogP contribution in [0.5, 0.6) is 0 Å². The third-order valence-corrected chi connectivity index (χ3v) is 3.38. The summed E-state index contributed by atoms with van der Waals surface area (Å²) in [5, 5.41) is 11.5. The van der Waals surface area contributed by atoms with E-state index >= 15 is 0 Å². The number of urea groups is 1. The molecule has 0 spiro atoms. The predicted molar refractivity (Wildman–Crippen MR) is 77.7 cm³/mol. The highest BCUT2D eigenvalue weighted by Gasteiger charge is 2.14. The molecule has 0 aromatic heterocycles. The van der Waals surface area contributed by atoms with Gasteiger partial charge in [-0.2, -0.15) is 0 Å². The molecule has 0 bridgehead atoms. The number of carboxylic acid groups (broad SMARTS) is 1. The van der Waals surface area contributed by atoms with Crippen molar-refractivity contribution in [3.63, 3.8) is 0 Å². The van der Waals surface area contributed by atoms with Crippen molar-refractivity contribution in [1.29, 1.82) is 0 Å². The SMILES string of the molecule is Cc1ccc(C(C)NC(=O)N(C)CCC(=O)O)cc1C. The van der Waals surface area contributed by atoms with Gasteiger partial charge in [0, 0.05) is 13.6 Å². The van der Waals surface area contributed by atoms with Crippen LogP contribution >= 0.6 is 0 Å². The molecule has 2 amide bonds. The first-order chi connectivity index (χ1) is 9.31. The van der Waals surface area contributed by atoms with E-state index in [0.29, 0.717) is 0 Å². The van der Waals surface area contributed by atoms with Crippen LogP contribution in [0, 0.1) is 13.8 Å². The summed E-state index contributed by atoms with van der Waals surface area (Å²) in [5.74, 6) is -0.910. The minimum absolute atomic E-state index is 0.0536. The van der Waals surface area contributed by atoms with Crippen molar-refractivity contribution in [2.24, 2.45) is 0 Å². The zero-order chi connectivity index (χ0) is 15.3. The van der Waals surface area contributed by atoms with Crippen LogP contribution in [0.15, 0.2) is 18.2 Å². The summed E-state index contributed by atoms with van der Waals surface area (Å²) in [6.07, 6.45) is -0.0536. The van der Waals surface area contributed by atoms with Crippen LogP contribution in [0.2, 0.25) is 0 Å². The molecular formula is C15H22N2O3. The maximum Gasteiger partial charge on any atom is 0.317 e. The molecule has 5 nitrogen and oxygen atoms in total. The highest BCUT2D eigenvalue weighted by atomic mass is 16.4. The molecule has 0 aliphatic carbocycles. The van der Waals surface area contributed by atoms with Gasteiger partial charge in [0.1, 0.15) is 0 Å². The van der Waals surface area contributed by atoms with E-state index in [4.69, 9.17) is 5.11 Å². The van der Waals surface area contributed by atoms with E-state index in [1.54, 1.807) is 7.05 Å². The number of carbonyl (C=O) groups is 2. The maximum absolute atomic E-state index is 11.9. The average Bonchev–Trinajstić information content (AvgIpc) is 2.38. The zero-order valence-electron chi connectivity index (χ0n) is 12.4. The van der Waals surface area contributed by atoms with E-state index < -0.39 is 5.97 Å². The van der Waals surface area contributed by atoms with Gasteiger partial charge in [0.25, 0.3) is 0 Å². The molecule has 0 fully saturated rings. The Balaban J connectivity index is 2.60. The molecule has 1 atom stereocenters. The van der Waals surface area contributed by atoms with Gasteiger partial charge in [-0.3, -0.25) is 4.79 Å². The van der Waals surface area contributed by atoms with Crippen LogP contribution in [-0.2, 0) is 4.79 Å². The van der Waals surface area contributed by atoms with Gasteiger partial charge in [0.15, 0.2) is 0 Å². The fourth-order valence-corrected chi connectivity index (χ4v) is 1.78. The molecule has 5 heteroatoms. The van der Waals surface area contributed by atoms with Gasteiger partial charge in [-0.15, -0.1) is 0 Å². The van der Waals surface area contributed by atoms with Crippen molar-refractivity contribution in [3.8, 4) is 0 Å². The van der Waals surface area contributed by atoms with Gasteiger partial charge >= 0.3 is 12.0 Å². The van der Waals surface area contributed by atoms with Crippen molar-refractivity contribution in [2.45, 2.75) is 33.2 Å². The number of benzene rings is 1.